The van der Waals surface area contributed by atoms with E-state index in [2.05, 4.69) is 35.1 Å². The minimum atomic E-state index is -0.239. The number of hydrogen-bond acceptors (Lipinski definition) is 4. The Balaban J connectivity index is 2.02. The van der Waals surface area contributed by atoms with Crippen LogP contribution >= 0.6 is 15.9 Å². The van der Waals surface area contributed by atoms with E-state index in [0.717, 1.165) is 25.9 Å². The zero-order valence-electron chi connectivity index (χ0n) is 17.7. The van der Waals surface area contributed by atoms with Crippen LogP contribution in [0.5, 0.6) is 5.75 Å². The molecule has 162 valence electrons. The number of methoxy groups -OCH3 is 1. The van der Waals surface area contributed by atoms with Crippen molar-refractivity contribution in [3.05, 3.63) is 58.1 Å². The predicted octanol–water partition coefficient (Wildman–Crippen LogP) is 4.99. The second-order valence-electron chi connectivity index (χ2n) is 6.81. The first-order chi connectivity index (χ1) is 14.5. The highest BCUT2D eigenvalue weighted by atomic mass is 79.9. The third-order valence-electron chi connectivity index (χ3n) is 4.40. The first-order valence-electron chi connectivity index (χ1n) is 10.1. The molecule has 0 aliphatic heterocycles. The Morgan fingerprint density at radius 3 is 2.17 bits per heavy atom. The van der Waals surface area contributed by atoms with Crippen LogP contribution in [0.4, 0.5) is 5.69 Å². The summed E-state index contributed by atoms with van der Waals surface area (Å²) in [5.74, 6) is 0.427. The highest BCUT2D eigenvalue weighted by molar-refractivity contribution is 9.10. The quantitative estimate of drug-likeness (QED) is 0.463. The van der Waals surface area contributed by atoms with Gasteiger partial charge < -0.3 is 19.7 Å². The topological polar surface area (TPSA) is 67.9 Å². The van der Waals surface area contributed by atoms with Gasteiger partial charge in [-0.05, 0) is 71.2 Å². The zero-order chi connectivity index (χ0) is 21.9. The summed E-state index contributed by atoms with van der Waals surface area (Å²) in [7, 11) is 1.61. The lowest BCUT2D eigenvalue weighted by Gasteiger charge is -2.21. The van der Waals surface area contributed by atoms with Gasteiger partial charge in [-0.1, -0.05) is 13.8 Å². The lowest BCUT2D eigenvalue weighted by atomic mass is 10.1. The molecule has 1 N–H and O–H groups in total. The molecule has 0 spiro atoms. The first-order valence-corrected chi connectivity index (χ1v) is 10.9. The molecule has 0 saturated carbocycles. The van der Waals surface area contributed by atoms with Crippen LogP contribution in [0.15, 0.2) is 46.9 Å². The minimum Gasteiger partial charge on any atom is -0.490 e. The molecule has 0 unspecified atom stereocenters. The number of amides is 2. The monoisotopic (exact) mass is 476 g/mol. The van der Waals surface area contributed by atoms with Crippen LogP contribution in [0.3, 0.4) is 0 Å². The number of benzene rings is 2. The highest BCUT2D eigenvalue weighted by Crippen LogP contribution is 2.26. The van der Waals surface area contributed by atoms with Crippen LogP contribution in [0, 0.1) is 0 Å². The molecule has 0 aliphatic carbocycles. The van der Waals surface area contributed by atoms with Crippen LogP contribution in [0.1, 0.15) is 47.4 Å². The second-order valence-corrected chi connectivity index (χ2v) is 7.66. The van der Waals surface area contributed by atoms with Crippen LogP contribution in [0.25, 0.3) is 0 Å². The van der Waals surface area contributed by atoms with E-state index < -0.39 is 0 Å². The van der Waals surface area contributed by atoms with Crippen molar-refractivity contribution in [2.45, 2.75) is 26.7 Å². The Labute approximate surface area is 186 Å². The van der Waals surface area contributed by atoms with E-state index in [0.29, 0.717) is 40.3 Å². The molecule has 2 amide bonds. The Hall–Kier alpha value is -2.38. The molecule has 0 fully saturated rings. The van der Waals surface area contributed by atoms with E-state index in [1.54, 1.807) is 49.6 Å². The smallest absolute Gasteiger partial charge is 0.255 e. The second kappa shape index (κ2) is 12.3. The molecule has 0 aromatic heterocycles. The van der Waals surface area contributed by atoms with Gasteiger partial charge in [-0.25, -0.2) is 0 Å². The van der Waals surface area contributed by atoms with Gasteiger partial charge in [-0.3, -0.25) is 9.59 Å². The molecule has 2 rings (SSSR count). The number of anilines is 1. The Bertz CT molecular complexity index is 834. The molecular weight excluding hydrogens is 448 g/mol. The third-order valence-corrected chi connectivity index (χ3v) is 5.02. The van der Waals surface area contributed by atoms with E-state index in [4.69, 9.17) is 9.47 Å². The number of carbonyl (C=O) groups is 2. The van der Waals surface area contributed by atoms with Crippen molar-refractivity contribution in [1.29, 1.82) is 0 Å². The molecule has 7 heteroatoms. The van der Waals surface area contributed by atoms with Crippen molar-refractivity contribution in [3.8, 4) is 5.75 Å². The molecule has 0 saturated heterocycles. The van der Waals surface area contributed by atoms with Crippen LogP contribution in [0.2, 0.25) is 0 Å². The molecule has 2 aromatic carbocycles. The molecule has 0 aliphatic rings. The van der Waals surface area contributed by atoms with Gasteiger partial charge in [-0.15, -0.1) is 0 Å². The molecule has 0 bridgehead atoms. The van der Waals surface area contributed by atoms with Crippen molar-refractivity contribution >= 4 is 33.4 Å². The van der Waals surface area contributed by atoms with Gasteiger partial charge in [0, 0.05) is 37.0 Å². The summed E-state index contributed by atoms with van der Waals surface area (Å²) >= 11 is 3.43. The fourth-order valence-electron chi connectivity index (χ4n) is 2.93. The van der Waals surface area contributed by atoms with Crippen LogP contribution in [-0.2, 0) is 4.74 Å². The SMILES string of the molecule is CCCN(CCC)C(=O)c1ccc(NC(=O)c2ccc(OCCOC)c(Br)c2)cc1. The summed E-state index contributed by atoms with van der Waals surface area (Å²) in [4.78, 5) is 27.1. The Kier molecular flexibility index (Phi) is 9.83. The summed E-state index contributed by atoms with van der Waals surface area (Å²) in [6, 6.07) is 12.2. The average molecular weight is 477 g/mol. The van der Waals surface area contributed by atoms with Gasteiger partial charge >= 0.3 is 0 Å². The molecule has 0 radical (unpaired) electrons. The highest BCUT2D eigenvalue weighted by Gasteiger charge is 2.15. The first kappa shape index (κ1) is 23.9. The summed E-state index contributed by atoms with van der Waals surface area (Å²) < 4.78 is 11.2. The van der Waals surface area contributed by atoms with Gasteiger partial charge in [0.2, 0.25) is 0 Å². The van der Waals surface area contributed by atoms with E-state index in [9.17, 15) is 9.59 Å². The normalized spacial score (nSPS) is 10.5. The maximum atomic E-state index is 12.7. The number of rotatable bonds is 11. The maximum absolute atomic E-state index is 12.7. The average Bonchev–Trinajstić information content (AvgIpc) is 2.75. The molecule has 0 atom stereocenters. The molecule has 6 nitrogen and oxygen atoms in total. The van der Waals surface area contributed by atoms with Crippen LogP contribution in [-0.4, -0.2) is 50.1 Å². The number of nitrogens with one attached hydrogen (secondary N) is 1. The summed E-state index contributed by atoms with van der Waals surface area (Å²) in [5.41, 5.74) is 1.75. The maximum Gasteiger partial charge on any atom is 0.255 e. The number of halogens is 1. The molecular formula is C23H29BrN2O4. The third kappa shape index (κ3) is 6.85. The van der Waals surface area contributed by atoms with Gasteiger partial charge in [0.15, 0.2) is 0 Å². The summed E-state index contributed by atoms with van der Waals surface area (Å²) in [6.07, 6.45) is 1.84. The van der Waals surface area contributed by atoms with E-state index in [-0.39, 0.29) is 11.8 Å². The van der Waals surface area contributed by atoms with Crippen LogP contribution < -0.4 is 10.1 Å². The Morgan fingerprint density at radius 2 is 1.60 bits per heavy atom. The van der Waals surface area contributed by atoms with E-state index in [1.165, 1.54) is 0 Å². The predicted molar refractivity (Wildman–Crippen MR) is 122 cm³/mol. The van der Waals surface area contributed by atoms with E-state index in [1.807, 2.05) is 4.90 Å². The lowest BCUT2D eigenvalue weighted by molar-refractivity contribution is 0.0755. The minimum absolute atomic E-state index is 0.0181. The van der Waals surface area contributed by atoms with Gasteiger partial charge in [0.25, 0.3) is 11.8 Å². The number of carbonyl (C=O) groups excluding carboxylic acids is 2. The fourth-order valence-corrected chi connectivity index (χ4v) is 3.42. The number of nitrogens with zero attached hydrogens (tertiary/aromatic N) is 1. The number of hydrogen-bond donors (Lipinski definition) is 1. The lowest BCUT2D eigenvalue weighted by Crippen LogP contribution is -2.32. The molecule has 2 aromatic rings. The number of ether oxygens (including phenoxy) is 2. The van der Waals surface area contributed by atoms with Crippen molar-refractivity contribution in [2.24, 2.45) is 0 Å². The van der Waals surface area contributed by atoms with Crippen molar-refractivity contribution in [2.75, 3.05) is 38.7 Å². The summed E-state index contributed by atoms with van der Waals surface area (Å²) in [5, 5.41) is 2.86. The van der Waals surface area contributed by atoms with Crippen molar-refractivity contribution < 1.29 is 19.1 Å². The standard InChI is InChI=1S/C23H29BrN2O4/c1-4-12-26(13-5-2)23(28)17-6-9-19(10-7-17)25-22(27)18-8-11-21(20(24)16-18)30-15-14-29-3/h6-11,16H,4-5,12-15H2,1-3H3,(H,25,27). The largest absolute Gasteiger partial charge is 0.490 e. The van der Waals surface area contributed by atoms with Gasteiger partial charge in [0.05, 0.1) is 11.1 Å². The van der Waals surface area contributed by atoms with Gasteiger partial charge in [0.1, 0.15) is 12.4 Å². The van der Waals surface area contributed by atoms with Crippen molar-refractivity contribution in [1.82, 2.24) is 4.90 Å². The van der Waals surface area contributed by atoms with E-state index >= 15 is 0 Å². The van der Waals surface area contributed by atoms with Gasteiger partial charge in [-0.2, -0.15) is 0 Å². The Morgan fingerprint density at radius 1 is 0.967 bits per heavy atom. The van der Waals surface area contributed by atoms with Crippen molar-refractivity contribution in [3.63, 3.8) is 0 Å². The molecule has 0 heterocycles. The summed E-state index contributed by atoms with van der Waals surface area (Å²) in [6.45, 7) is 6.52. The fraction of sp³-hybridized carbons (Fsp3) is 0.391. The zero-order valence-corrected chi connectivity index (χ0v) is 19.3. The molecule has 30 heavy (non-hydrogen) atoms.